The Hall–Kier alpha value is -0.790. The molecule has 0 saturated carbocycles. The first-order valence-electron chi connectivity index (χ1n) is 3.83. The molecule has 63 valence electrons. The zero-order chi connectivity index (χ0) is 8.69. The van der Waals surface area contributed by atoms with E-state index in [1.54, 1.807) is 12.5 Å². The lowest BCUT2D eigenvalue weighted by atomic mass is 10.1. The van der Waals surface area contributed by atoms with Crippen molar-refractivity contribution in [2.24, 2.45) is 5.92 Å². The average molecular weight is 155 g/mol. The summed E-state index contributed by atoms with van der Waals surface area (Å²) < 4.78 is 4.75. The fraction of sp³-hybridized carbons (Fsp3) is 0.556. The van der Waals surface area contributed by atoms with Crippen LogP contribution in [0.4, 0.5) is 0 Å². The molecule has 0 aromatic heterocycles. The maximum Gasteiger partial charge on any atom is 0.310 e. The van der Waals surface area contributed by atoms with Crippen molar-refractivity contribution in [2.75, 3.05) is 6.61 Å². The Morgan fingerprint density at radius 2 is 2.36 bits per heavy atom. The van der Waals surface area contributed by atoms with Crippen molar-refractivity contribution in [2.45, 2.75) is 20.3 Å². The Bertz CT molecular complexity index is 130. The van der Waals surface area contributed by atoms with Crippen LogP contribution >= 0.6 is 0 Å². The molecule has 2 heteroatoms. The Balaban J connectivity index is 3.43. The largest absolute Gasteiger partial charge is 0.461 e. The molecular weight excluding hydrogens is 140 g/mol. The highest BCUT2D eigenvalue weighted by Gasteiger charge is 2.07. The molecule has 0 N–H and O–H groups in total. The van der Waals surface area contributed by atoms with Crippen molar-refractivity contribution in [1.82, 2.24) is 0 Å². The Morgan fingerprint density at radius 3 is 2.82 bits per heavy atom. The van der Waals surface area contributed by atoms with Crippen molar-refractivity contribution in [3.05, 3.63) is 19.1 Å². The van der Waals surface area contributed by atoms with Gasteiger partial charge in [0.15, 0.2) is 0 Å². The van der Waals surface area contributed by atoms with E-state index in [4.69, 9.17) is 4.74 Å². The van der Waals surface area contributed by atoms with E-state index in [1.165, 1.54) is 0 Å². The molecule has 0 aliphatic carbocycles. The number of rotatable bonds is 5. The minimum atomic E-state index is -0.251. The topological polar surface area (TPSA) is 26.3 Å². The summed E-state index contributed by atoms with van der Waals surface area (Å²) >= 11 is 0. The number of carbonyl (C=O) groups excluding carboxylic acids is 1. The predicted octanol–water partition coefficient (Wildman–Crippen LogP) is 1.97. The van der Waals surface area contributed by atoms with E-state index in [2.05, 4.69) is 6.58 Å². The minimum Gasteiger partial charge on any atom is -0.461 e. The minimum absolute atomic E-state index is 0.251. The highest BCUT2D eigenvalue weighted by molar-refractivity contribution is 5.79. The molecule has 0 rings (SSSR count). The van der Waals surface area contributed by atoms with Crippen molar-refractivity contribution in [1.29, 1.82) is 0 Å². The van der Waals surface area contributed by atoms with Gasteiger partial charge in [-0.3, -0.25) is 4.79 Å². The van der Waals surface area contributed by atoms with Crippen molar-refractivity contribution in [3.63, 3.8) is 0 Å². The molecule has 0 spiro atoms. The van der Waals surface area contributed by atoms with Crippen molar-refractivity contribution >= 4 is 5.97 Å². The van der Waals surface area contributed by atoms with Gasteiger partial charge in [-0.2, -0.15) is 0 Å². The van der Waals surface area contributed by atoms with Gasteiger partial charge in [0.25, 0.3) is 0 Å². The standard InChI is InChI=1S/C9H15O2/c1-4-6-11-9(10)7-8(3)5-2/h4,7-8H,1,5-6H2,2-3H3/t8-/m1/s1. The summed E-state index contributed by atoms with van der Waals surface area (Å²) in [6.45, 7) is 7.75. The zero-order valence-electron chi connectivity index (χ0n) is 7.17. The van der Waals surface area contributed by atoms with E-state index >= 15 is 0 Å². The molecule has 0 fully saturated rings. The van der Waals surface area contributed by atoms with Gasteiger partial charge in [-0.15, -0.1) is 0 Å². The van der Waals surface area contributed by atoms with E-state index in [-0.39, 0.29) is 5.97 Å². The van der Waals surface area contributed by atoms with Crippen molar-refractivity contribution in [3.8, 4) is 0 Å². The van der Waals surface area contributed by atoms with Crippen LogP contribution < -0.4 is 0 Å². The molecule has 0 amide bonds. The predicted molar refractivity (Wildman–Crippen MR) is 44.9 cm³/mol. The first kappa shape index (κ1) is 10.2. The lowest BCUT2D eigenvalue weighted by Gasteiger charge is -2.05. The van der Waals surface area contributed by atoms with Gasteiger partial charge in [0, 0.05) is 0 Å². The maximum atomic E-state index is 10.8. The molecule has 1 radical (unpaired) electrons. The van der Waals surface area contributed by atoms with Gasteiger partial charge in [-0.25, -0.2) is 0 Å². The summed E-state index contributed by atoms with van der Waals surface area (Å²) in [5, 5.41) is 0. The van der Waals surface area contributed by atoms with Crippen LogP contribution in [0.15, 0.2) is 12.7 Å². The zero-order valence-corrected chi connectivity index (χ0v) is 7.17. The van der Waals surface area contributed by atoms with Crippen LogP contribution in [0.2, 0.25) is 0 Å². The molecule has 0 aromatic rings. The molecule has 11 heavy (non-hydrogen) atoms. The van der Waals surface area contributed by atoms with Crippen LogP contribution in [-0.4, -0.2) is 12.6 Å². The lowest BCUT2D eigenvalue weighted by Crippen LogP contribution is -2.09. The van der Waals surface area contributed by atoms with Crippen LogP contribution in [0.3, 0.4) is 0 Å². The molecule has 0 aliphatic rings. The SMILES string of the molecule is C=CCOC(=O)[CH][C@H](C)CC. The van der Waals surface area contributed by atoms with E-state index in [9.17, 15) is 4.79 Å². The fourth-order valence-corrected chi connectivity index (χ4v) is 0.539. The number of esters is 1. The lowest BCUT2D eigenvalue weighted by molar-refractivity contribution is -0.138. The first-order valence-corrected chi connectivity index (χ1v) is 3.83. The van der Waals surface area contributed by atoms with E-state index in [0.29, 0.717) is 12.5 Å². The molecule has 0 aliphatic heterocycles. The molecule has 0 unspecified atom stereocenters. The van der Waals surface area contributed by atoms with E-state index in [0.717, 1.165) is 6.42 Å². The van der Waals surface area contributed by atoms with Crippen LogP contribution in [0, 0.1) is 12.3 Å². The third kappa shape index (κ3) is 5.64. The molecule has 0 heterocycles. The van der Waals surface area contributed by atoms with Crippen molar-refractivity contribution < 1.29 is 9.53 Å². The van der Waals surface area contributed by atoms with Crippen LogP contribution in [0.1, 0.15) is 20.3 Å². The number of hydrogen-bond donors (Lipinski definition) is 0. The highest BCUT2D eigenvalue weighted by Crippen LogP contribution is 2.05. The van der Waals surface area contributed by atoms with Crippen LogP contribution in [0.25, 0.3) is 0 Å². The van der Waals surface area contributed by atoms with Gasteiger partial charge in [0.1, 0.15) is 6.61 Å². The Kier molecular flexibility index (Phi) is 5.53. The molecule has 2 nitrogen and oxygen atoms in total. The van der Waals surface area contributed by atoms with Gasteiger partial charge >= 0.3 is 5.97 Å². The molecule has 1 atom stereocenters. The van der Waals surface area contributed by atoms with Crippen LogP contribution in [0.5, 0.6) is 0 Å². The third-order valence-electron chi connectivity index (χ3n) is 1.41. The Morgan fingerprint density at radius 1 is 1.73 bits per heavy atom. The molecule has 0 bridgehead atoms. The van der Waals surface area contributed by atoms with E-state index < -0.39 is 0 Å². The smallest absolute Gasteiger partial charge is 0.310 e. The van der Waals surface area contributed by atoms with Gasteiger partial charge in [0.05, 0.1) is 6.42 Å². The number of carbonyl (C=O) groups is 1. The van der Waals surface area contributed by atoms with Gasteiger partial charge in [-0.1, -0.05) is 32.9 Å². The molecular formula is C9H15O2. The maximum absolute atomic E-state index is 10.8. The number of hydrogen-bond acceptors (Lipinski definition) is 2. The molecule has 0 aromatic carbocycles. The monoisotopic (exact) mass is 155 g/mol. The second kappa shape index (κ2) is 5.96. The van der Waals surface area contributed by atoms with Gasteiger partial charge in [0.2, 0.25) is 0 Å². The summed E-state index contributed by atoms with van der Waals surface area (Å²) in [4.78, 5) is 10.8. The summed E-state index contributed by atoms with van der Waals surface area (Å²) in [5.41, 5.74) is 0. The van der Waals surface area contributed by atoms with E-state index in [1.807, 2.05) is 13.8 Å². The molecule has 0 saturated heterocycles. The fourth-order valence-electron chi connectivity index (χ4n) is 0.539. The quantitative estimate of drug-likeness (QED) is 0.448. The Labute approximate surface area is 68.2 Å². The summed E-state index contributed by atoms with van der Waals surface area (Å²) in [5.74, 6) is 0.0477. The van der Waals surface area contributed by atoms with Gasteiger partial charge in [-0.05, 0) is 5.92 Å². The third-order valence-corrected chi connectivity index (χ3v) is 1.41. The summed E-state index contributed by atoms with van der Waals surface area (Å²) in [6, 6.07) is 0. The number of ether oxygens (including phenoxy) is 1. The van der Waals surface area contributed by atoms with Crippen LogP contribution in [-0.2, 0) is 9.53 Å². The van der Waals surface area contributed by atoms with Gasteiger partial charge < -0.3 is 4.74 Å². The second-order valence-electron chi connectivity index (χ2n) is 2.47. The highest BCUT2D eigenvalue weighted by atomic mass is 16.5. The average Bonchev–Trinajstić information content (AvgIpc) is 2.00. The normalized spacial score (nSPS) is 12.2. The summed E-state index contributed by atoms with van der Waals surface area (Å²) in [6.07, 6.45) is 4.11. The first-order chi connectivity index (χ1) is 5.20. The summed E-state index contributed by atoms with van der Waals surface area (Å²) in [7, 11) is 0. The second-order valence-corrected chi connectivity index (χ2v) is 2.47.